The molecule has 0 atom stereocenters. The zero-order valence-corrected chi connectivity index (χ0v) is 12.0. The van der Waals surface area contributed by atoms with Crippen LogP contribution in [0.1, 0.15) is 19.4 Å². The summed E-state index contributed by atoms with van der Waals surface area (Å²) in [5.41, 5.74) is -1.27. The van der Waals surface area contributed by atoms with E-state index < -0.39 is 27.3 Å². The van der Waals surface area contributed by atoms with Gasteiger partial charge in [0.15, 0.2) is 0 Å². The highest BCUT2D eigenvalue weighted by molar-refractivity contribution is 7.89. The zero-order chi connectivity index (χ0) is 15.0. The Morgan fingerprint density at radius 3 is 2.37 bits per heavy atom. The number of rotatable bonds is 4. The third-order valence-corrected chi connectivity index (χ3v) is 5.27. The summed E-state index contributed by atoms with van der Waals surface area (Å²) in [5, 5.41) is 9.07. The van der Waals surface area contributed by atoms with Gasteiger partial charge in [0.2, 0.25) is 10.0 Å². The first-order chi connectivity index (χ1) is 8.51. The maximum absolute atomic E-state index is 13.2. The zero-order valence-electron chi connectivity index (χ0n) is 11.1. The van der Waals surface area contributed by atoms with Crippen LogP contribution in [0.2, 0.25) is 0 Å². The average molecular weight is 289 g/mol. The summed E-state index contributed by atoms with van der Waals surface area (Å²) in [6.07, 6.45) is 0. The predicted molar refractivity (Wildman–Crippen MR) is 67.8 cm³/mol. The van der Waals surface area contributed by atoms with Gasteiger partial charge in [-0.25, -0.2) is 12.8 Å². The number of aliphatic carboxylic acids is 1. The quantitative estimate of drug-likeness (QED) is 0.914. The van der Waals surface area contributed by atoms with Crippen molar-refractivity contribution in [3.05, 3.63) is 29.6 Å². The molecule has 106 valence electrons. The highest BCUT2D eigenvalue weighted by atomic mass is 32.2. The monoisotopic (exact) mass is 289 g/mol. The van der Waals surface area contributed by atoms with Crippen molar-refractivity contribution in [3.63, 3.8) is 0 Å². The molecule has 0 fully saturated rings. The van der Waals surface area contributed by atoms with E-state index in [2.05, 4.69) is 0 Å². The molecule has 1 aromatic carbocycles. The summed E-state index contributed by atoms with van der Waals surface area (Å²) >= 11 is 0. The lowest BCUT2D eigenvalue weighted by molar-refractivity contribution is -0.145. The number of hydrogen-bond acceptors (Lipinski definition) is 3. The van der Waals surface area contributed by atoms with Gasteiger partial charge in [0.05, 0.1) is 4.90 Å². The molecule has 1 aromatic rings. The molecule has 0 aliphatic heterocycles. The van der Waals surface area contributed by atoms with Gasteiger partial charge in [0, 0.05) is 7.05 Å². The highest BCUT2D eigenvalue weighted by Gasteiger charge is 2.40. The number of carboxylic acid groups (broad SMARTS) is 1. The minimum atomic E-state index is -4.08. The second-order valence-electron chi connectivity index (χ2n) is 4.75. The second kappa shape index (κ2) is 4.90. The summed E-state index contributed by atoms with van der Waals surface area (Å²) in [4.78, 5) is 10.9. The maximum Gasteiger partial charge on any atom is 0.324 e. The smallest absolute Gasteiger partial charge is 0.324 e. The number of aryl methyl sites for hydroxylation is 1. The number of halogens is 1. The molecule has 0 unspecified atom stereocenters. The Hall–Kier alpha value is -1.47. The Balaban J connectivity index is 3.40. The van der Waals surface area contributed by atoms with Crippen LogP contribution < -0.4 is 0 Å². The molecule has 1 rings (SSSR count). The van der Waals surface area contributed by atoms with Crippen LogP contribution in [0.5, 0.6) is 0 Å². The van der Waals surface area contributed by atoms with E-state index in [0.717, 1.165) is 23.5 Å². The van der Waals surface area contributed by atoms with Crippen LogP contribution in [0, 0.1) is 12.7 Å². The van der Waals surface area contributed by atoms with Gasteiger partial charge in [-0.2, -0.15) is 4.31 Å². The summed E-state index contributed by atoms with van der Waals surface area (Å²) in [7, 11) is -2.92. The molecule has 19 heavy (non-hydrogen) atoms. The molecule has 0 aromatic heterocycles. The Bertz CT molecular complexity index is 610. The molecule has 0 saturated heterocycles. The van der Waals surface area contributed by atoms with Gasteiger partial charge in [-0.1, -0.05) is 6.07 Å². The minimum absolute atomic E-state index is 0.232. The molecule has 0 aliphatic rings. The van der Waals surface area contributed by atoms with Gasteiger partial charge >= 0.3 is 5.97 Å². The van der Waals surface area contributed by atoms with E-state index in [-0.39, 0.29) is 4.90 Å². The van der Waals surface area contributed by atoms with E-state index in [0.29, 0.717) is 5.56 Å². The minimum Gasteiger partial charge on any atom is -0.480 e. The van der Waals surface area contributed by atoms with E-state index in [4.69, 9.17) is 5.11 Å². The predicted octanol–water partition coefficient (Wildman–Crippen LogP) is 1.62. The molecular weight excluding hydrogens is 273 g/mol. The van der Waals surface area contributed by atoms with Crippen molar-refractivity contribution in [1.29, 1.82) is 0 Å². The lowest BCUT2D eigenvalue weighted by Crippen LogP contribution is -2.50. The average Bonchev–Trinajstić information content (AvgIpc) is 2.30. The van der Waals surface area contributed by atoms with Crippen molar-refractivity contribution in [2.24, 2.45) is 0 Å². The standard InChI is InChI=1S/C12H16FNO4S/c1-8-5-6-9(13)7-10(8)19(17,18)14(4)12(2,3)11(15)16/h5-7H,1-4H3,(H,15,16). The van der Waals surface area contributed by atoms with E-state index in [1.165, 1.54) is 26.8 Å². The Morgan fingerprint density at radius 2 is 1.89 bits per heavy atom. The van der Waals surface area contributed by atoms with Crippen LogP contribution >= 0.6 is 0 Å². The molecule has 7 heteroatoms. The van der Waals surface area contributed by atoms with Crippen molar-refractivity contribution in [1.82, 2.24) is 4.31 Å². The Kier molecular flexibility index (Phi) is 4.02. The van der Waals surface area contributed by atoms with E-state index in [9.17, 15) is 17.6 Å². The maximum atomic E-state index is 13.2. The van der Waals surface area contributed by atoms with Gasteiger partial charge < -0.3 is 5.11 Å². The van der Waals surface area contributed by atoms with Crippen LogP contribution in [-0.4, -0.2) is 36.4 Å². The first kappa shape index (κ1) is 15.6. The Labute approximate surface area is 111 Å². The number of hydrogen-bond donors (Lipinski definition) is 1. The fourth-order valence-electron chi connectivity index (χ4n) is 1.43. The first-order valence-corrected chi connectivity index (χ1v) is 6.94. The van der Waals surface area contributed by atoms with E-state index in [1.54, 1.807) is 0 Å². The van der Waals surface area contributed by atoms with Crippen molar-refractivity contribution in [2.45, 2.75) is 31.2 Å². The van der Waals surface area contributed by atoms with Crippen molar-refractivity contribution in [3.8, 4) is 0 Å². The lowest BCUT2D eigenvalue weighted by Gasteiger charge is -2.30. The highest BCUT2D eigenvalue weighted by Crippen LogP contribution is 2.25. The SMILES string of the molecule is Cc1ccc(F)cc1S(=O)(=O)N(C)C(C)(C)C(=O)O. The van der Waals surface area contributed by atoms with Crippen LogP contribution in [-0.2, 0) is 14.8 Å². The third kappa shape index (κ3) is 2.76. The van der Waals surface area contributed by atoms with Crippen molar-refractivity contribution in [2.75, 3.05) is 7.05 Å². The summed E-state index contributed by atoms with van der Waals surface area (Å²) in [6.45, 7) is 4.05. The number of nitrogens with zero attached hydrogens (tertiary/aromatic N) is 1. The number of sulfonamides is 1. The fourth-order valence-corrected chi connectivity index (χ4v) is 3.14. The van der Waals surface area contributed by atoms with Crippen LogP contribution in [0.4, 0.5) is 4.39 Å². The molecule has 0 amide bonds. The molecule has 0 saturated carbocycles. The van der Waals surface area contributed by atoms with Crippen molar-refractivity contribution < 1.29 is 22.7 Å². The fraction of sp³-hybridized carbons (Fsp3) is 0.417. The van der Waals surface area contributed by atoms with E-state index in [1.807, 2.05) is 0 Å². The van der Waals surface area contributed by atoms with Crippen molar-refractivity contribution >= 4 is 16.0 Å². The number of carboxylic acids is 1. The van der Waals surface area contributed by atoms with Crippen LogP contribution in [0.25, 0.3) is 0 Å². The third-order valence-electron chi connectivity index (χ3n) is 3.10. The van der Waals surface area contributed by atoms with Gasteiger partial charge in [-0.05, 0) is 38.5 Å². The molecule has 0 heterocycles. The first-order valence-electron chi connectivity index (χ1n) is 5.50. The molecule has 0 aliphatic carbocycles. The number of benzene rings is 1. The molecule has 0 bridgehead atoms. The van der Waals surface area contributed by atoms with Crippen LogP contribution in [0.15, 0.2) is 23.1 Å². The van der Waals surface area contributed by atoms with E-state index >= 15 is 0 Å². The van der Waals surface area contributed by atoms with Gasteiger partial charge in [-0.3, -0.25) is 4.79 Å². The molecule has 5 nitrogen and oxygen atoms in total. The van der Waals surface area contributed by atoms with Gasteiger partial charge in [-0.15, -0.1) is 0 Å². The van der Waals surface area contributed by atoms with Gasteiger partial charge in [0.25, 0.3) is 0 Å². The lowest BCUT2D eigenvalue weighted by atomic mass is 10.1. The topological polar surface area (TPSA) is 74.7 Å². The molecule has 1 N–H and O–H groups in total. The Morgan fingerprint density at radius 1 is 1.37 bits per heavy atom. The number of carbonyl (C=O) groups is 1. The summed E-state index contributed by atoms with van der Waals surface area (Å²) in [6, 6.07) is 3.37. The number of likely N-dealkylation sites (N-methyl/N-ethyl adjacent to an activating group) is 1. The summed E-state index contributed by atoms with van der Waals surface area (Å²) < 4.78 is 38.6. The van der Waals surface area contributed by atoms with Crippen LogP contribution in [0.3, 0.4) is 0 Å². The summed E-state index contributed by atoms with van der Waals surface area (Å²) in [5.74, 6) is -1.97. The largest absolute Gasteiger partial charge is 0.480 e. The molecular formula is C12H16FNO4S. The molecule has 0 radical (unpaired) electrons. The second-order valence-corrected chi connectivity index (χ2v) is 6.68. The van der Waals surface area contributed by atoms with Gasteiger partial charge in [0.1, 0.15) is 11.4 Å². The molecule has 0 spiro atoms. The normalized spacial score (nSPS) is 12.7.